The summed E-state index contributed by atoms with van der Waals surface area (Å²) >= 11 is 1.84. The molecule has 8 aromatic carbocycles. The average Bonchev–Trinajstić information content (AvgIpc) is 3.72. The second-order valence-electron chi connectivity index (χ2n) is 12.0. The van der Waals surface area contributed by atoms with Gasteiger partial charge in [0.15, 0.2) is 0 Å². The van der Waals surface area contributed by atoms with Crippen molar-refractivity contribution in [3.8, 4) is 32.7 Å². The second-order valence-corrected chi connectivity index (χ2v) is 13.1. The maximum atomic E-state index is 6.46. The van der Waals surface area contributed by atoms with E-state index >= 15 is 0 Å². The molecule has 0 N–H and O–H groups in total. The van der Waals surface area contributed by atoms with Gasteiger partial charge in [-0.15, -0.1) is 11.3 Å². The summed E-state index contributed by atoms with van der Waals surface area (Å²) in [7, 11) is 0. The van der Waals surface area contributed by atoms with Crippen LogP contribution in [0.3, 0.4) is 0 Å². The first-order valence-corrected chi connectivity index (χ1v) is 16.5. The van der Waals surface area contributed by atoms with E-state index in [1.54, 1.807) is 0 Å². The van der Waals surface area contributed by atoms with Gasteiger partial charge in [-0.1, -0.05) is 121 Å². The van der Waals surface area contributed by atoms with E-state index in [1.165, 1.54) is 80.5 Å². The van der Waals surface area contributed by atoms with Crippen LogP contribution in [0.1, 0.15) is 0 Å². The Balaban J connectivity index is 1.25. The van der Waals surface area contributed by atoms with Crippen molar-refractivity contribution in [3.63, 3.8) is 0 Å². The normalized spacial score (nSPS) is 11.9. The average molecular weight is 603 g/mol. The molecule has 46 heavy (non-hydrogen) atoms. The van der Waals surface area contributed by atoms with Crippen LogP contribution >= 0.6 is 11.3 Å². The first-order chi connectivity index (χ1) is 22.8. The lowest BCUT2D eigenvalue weighted by molar-refractivity contribution is 0.669. The maximum Gasteiger partial charge on any atom is 0.136 e. The van der Waals surface area contributed by atoms with Crippen LogP contribution in [0.2, 0.25) is 0 Å². The third-order valence-corrected chi connectivity index (χ3v) is 10.6. The van der Waals surface area contributed by atoms with Crippen LogP contribution in [0.25, 0.3) is 97.0 Å². The highest BCUT2D eigenvalue weighted by molar-refractivity contribution is 7.22. The van der Waals surface area contributed by atoms with Gasteiger partial charge in [-0.25, -0.2) is 0 Å². The standard InChI is InChI=1S/C44H26OS/c1-2-11-28(12-3-1)41-26-37-40(46-41)23-22-39-44(37)36-25-31(20-21-38(36)45-39)43-34-16-8-6-14-32(34)42(33-15-7-9-17-35(33)43)30-19-18-27-10-4-5-13-29(27)24-30/h1-26H. The van der Waals surface area contributed by atoms with Crippen LogP contribution in [0.5, 0.6) is 0 Å². The second kappa shape index (κ2) is 9.90. The largest absolute Gasteiger partial charge is 0.456 e. The predicted octanol–water partition coefficient (Wildman–Crippen LogP) is 13.3. The van der Waals surface area contributed by atoms with Gasteiger partial charge in [0.05, 0.1) is 0 Å². The quantitative estimate of drug-likeness (QED) is 0.183. The zero-order chi connectivity index (χ0) is 30.2. The molecule has 0 spiro atoms. The summed E-state index contributed by atoms with van der Waals surface area (Å²) in [4.78, 5) is 1.27. The SMILES string of the molecule is c1ccc(-c2cc3c(ccc4oc5ccc(-c6c7ccccc7c(-c7ccc8ccccc8c7)c7ccccc67)cc5c43)s2)cc1. The van der Waals surface area contributed by atoms with Crippen LogP contribution in [0.15, 0.2) is 162 Å². The summed E-state index contributed by atoms with van der Waals surface area (Å²) in [5.74, 6) is 0. The lowest BCUT2D eigenvalue weighted by atomic mass is 9.85. The summed E-state index contributed by atoms with van der Waals surface area (Å²) in [6.45, 7) is 0. The van der Waals surface area contributed by atoms with Crippen molar-refractivity contribution in [2.45, 2.75) is 0 Å². The molecule has 0 aliphatic rings. The molecule has 0 atom stereocenters. The Labute approximate surface area is 269 Å². The van der Waals surface area contributed by atoms with Crippen molar-refractivity contribution < 1.29 is 4.42 Å². The number of hydrogen-bond donors (Lipinski definition) is 0. The minimum Gasteiger partial charge on any atom is -0.456 e. The van der Waals surface area contributed by atoms with E-state index < -0.39 is 0 Å². The Morgan fingerprint density at radius 2 is 0.957 bits per heavy atom. The van der Waals surface area contributed by atoms with Crippen molar-refractivity contribution in [2.24, 2.45) is 0 Å². The molecule has 10 rings (SSSR count). The molecule has 0 unspecified atom stereocenters. The molecule has 0 fully saturated rings. The smallest absolute Gasteiger partial charge is 0.136 e. The molecule has 0 aliphatic heterocycles. The van der Waals surface area contributed by atoms with Crippen molar-refractivity contribution in [1.82, 2.24) is 0 Å². The fraction of sp³-hybridized carbons (Fsp3) is 0. The summed E-state index contributed by atoms with van der Waals surface area (Å²) in [6, 6.07) is 57.3. The molecule has 0 aliphatic carbocycles. The number of furan rings is 1. The number of thiophene rings is 1. The van der Waals surface area contributed by atoms with Gasteiger partial charge in [0, 0.05) is 25.7 Å². The van der Waals surface area contributed by atoms with E-state index in [-0.39, 0.29) is 0 Å². The van der Waals surface area contributed by atoms with Gasteiger partial charge >= 0.3 is 0 Å². The molecular weight excluding hydrogens is 577 g/mol. The third-order valence-electron chi connectivity index (χ3n) is 9.45. The van der Waals surface area contributed by atoms with Crippen LogP contribution in [-0.4, -0.2) is 0 Å². The Bertz CT molecular complexity index is 2740. The summed E-state index contributed by atoms with van der Waals surface area (Å²) in [6.07, 6.45) is 0. The molecule has 0 saturated carbocycles. The summed E-state index contributed by atoms with van der Waals surface area (Å²) < 4.78 is 7.73. The van der Waals surface area contributed by atoms with E-state index in [4.69, 9.17) is 4.42 Å². The van der Waals surface area contributed by atoms with E-state index in [1.807, 2.05) is 11.3 Å². The minimum absolute atomic E-state index is 0.917. The maximum absolute atomic E-state index is 6.46. The third kappa shape index (κ3) is 3.81. The molecule has 0 saturated heterocycles. The molecule has 2 heterocycles. The lowest BCUT2D eigenvalue weighted by Crippen LogP contribution is -1.91. The number of fused-ring (bicyclic) bond motifs is 8. The Morgan fingerprint density at radius 1 is 0.370 bits per heavy atom. The predicted molar refractivity (Wildman–Crippen MR) is 198 cm³/mol. The number of benzene rings is 8. The Hall–Kier alpha value is -5.70. The first-order valence-electron chi connectivity index (χ1n) is 15.7. The van der Waals surface area contributed by atoms with E-state index in [2.05, 4.69) is 158 Å². The van der Waals surface area contributed by atoms with Gasteiger partial charge in [0.2, 0.25) is 0 Å². The van der Waals surface area contributed by atoms with E-state index in [0.29, 0.717) is 0 Å². The number of hydrogen-bond acceptors (Lipinski definition) is 2. The van der Waals surface area contributed by atoms with Gasteiger partial charge in [-0.05, 0) is 96.5 Å². The highest BCUT2D eigenvalue weighted by Crippen LogP contribution is 2.46. The fourth-order valence-corrected chi connectivity index (χ4v) is 8.46. The summed E-state index contributed by atoms with van der Waals surface area (Å²) in [5, 5.41) is 11.1. The zero-order valence-electron chi connectivity index (χ0n) is 24.8. The molecule has 2 heteroatoms. The van der Waals surface area contributed by atoms with Gasteiger partial charge in [-0.2, -0.15) is 0 Å². The fourth-order valence-electron chi connectivity index (χ4n) is 7.38. The zero-order valence-corrected chi connectivity index (χ0v) is 25.6. The molecular formula is C44H26OS. The van der Waals surface area contributed by atoms with Crippen LogP contribution in [-0.2, 0) is 0 Å². The summed E-state index contributed by atoms with van der Waals surface area (Å²) in [5.41, 5.74) is 8.07. The Kier molecular flexibility index (Phi) is 5.51. The van der Waals surface area contributed by atoms with E-state index in [9.17, 15) is 0 Å². The highest BCUT2D eigenvalue weighted by Gasteiger charge is 2.19. The monoisotopic (exact) mass is 602 g/mol. The molecule has 10 aromatic rings. The molecule has 2 aromatic heterocycles. The van der Waals surface area contributed by atoms with Crippen molar-refractivity contribution in [1.29, 1.82) is 0 Å². The van der Waals surface area contributed by atoms with Crippen LogP contribution in [0, 0.1) is 0 Å². The van der Waals surface area contributed by atoms with Crippen molar-refractivity contribution in [2.75, 3.05) is 0 Å². The molecule has 0 amide bonds. The topological polar surface area (TPSA) is 13.1 Å². The van der Waals surface area contributed by atoms with Crippen LogP contribution < -0.4 is 0 Å². The molecule has 1 nitrogen and oxygen atoms in total. The molecule has 0 bridgehead atoms. The lowest BCUT2D eigenvalue weighted by Gasteiger charge is -2.18. The first kappa shape index (κ1) is 25.6. The van der Waals surface area contributed by atoms with Gasteiger partial charge in [-0.3, -0.25) is 0 Å². The van der Waals surface area contributed by atoms with Gasteiger partial charge < -0.3 is 4.42 Å². The van der Waals surface area contributed by atoms with E-state index in [0.717, 1.165) is 16.6 Å². The van der Waals surface area contributed by atoms with Crippen LogP contribution in [0.4, 0.5) is 0 Å². The number of rotatable bonds is 3. The van der Waals surface area contributed by atoms with Crippen molar-refractivity contribution in [3.05, 3.63) is 158 Å². The minimum atomic E-state index is 0.917. The highest BCUT2D eigenvalue weighted by atomic mass is 32.1. The molecule has 0 radical (unpaired) electrons. The van der Waals surface area contributed by atoms with Gasteiger partial charge in [0.1, 0.15) is 11.2 Å². The Morgan fingerprint density at radius 3 is 1.67 bits per heavy atom. The van der Waals surface area contributed by atoms with Crippen molar-refractivity contribution >= 4 is 75.7 Å². The molecule has 214 valence electrons. The van der Waals surface area contributed by atoms with Gasteiger partial charge in [0.25, 0.3) is 0 Å².